The van der Waals surface area contributed by atoms with Gasteiger partial charge in [0.05, 0.1) is 28.7 Å². The van der Waals surface area contributed by atoms with Crippen molar-refractivity contribution in [3.05, 3.63) is 40.1 Å². The van der Waals surface area contributed by atoms with Crippen LogP contribution in [0.15, 0.2) is 33.5 Å². The molecular formula is C16H12Br2O5. The quantitative estimate of drug-likeness (QED) is 0.478. The molecule has 7 heteroatoms. The van der Waals surface area contributed by atoms with Crippen LogP contribution in [-0.4, -0.2) is 19.3 Å². The van der Waals surface area contributed by atoms with E-state index in [1.165, 1.54) is 32.4 Å². The van der Waals surface area contributed by atoms with Gasteiger partial charge < -0.3 is 19.0 Å². The molecule has 0 atom stereocenters. The third-order valence-electron chi connectivity index (χ3n) is 3.54. The molecule has 0 spiro atoms. The van der Waals surface area contributed by atoms with Crippen LogP contribution < -0.4 is 14.9 Å². The van der Waals surface area contributed by atoms with E-state index < -0.39 is 0 Å². The normalized spacial score (nSPS) is 11.3. The standard InChI is InChI=1S/C16H12Br2O5/c1-21-11-6-9(16(17)18)12-13(20)8-4-3-7(19)5-10(8)23-15(12)14(11)22-2/h3-6,16,19H,1-2H3. The molecule has 5 nitrogen and oxygen atoms in total. The molecule has 3 aromatic rings. The molecule has 23 heavy (non-hydrogen) atoms. The van der Waals surface area contributed by atoms with Gasteiger partial charge in [-0.05, 0) is 23.8 Å². The molecule has 1 heterocycles. The number of rotatable bonds is 3. The molecule has 3 rings (SSSR count). The summed E-state index contributed by atoms with van der Waals surface area (Å²) < 4.78 is 16.3. The van der Waals surface area contributed by atoms with E-state index >= 15 is 0 Å². The molecule has 0 aliphatic heterocycles. The molecule has 1 aromatic heterocycles. The van der Waals surface area contributed by atoms with Gasteiger partial charge >= 0.3 is 0 Å². The van der Waals surface area contributed by atoms with Crippen molar-refractivity contribution in [3.8, 4) is 17.2 Å². The molecule has 0 saturated heterocycles. The average molecular weight is 444 g/mol. The van der Waals surface area contributed by atoms with Gasteiger partial charge in [0.25, 0.3) is 0 Å². The van der Waals surface area contributed by atoms with Crippen molar-refractivity contribution in [2.45, 2.75) is 3.74 Å². The van der Waals surface area contributed by atoms with Crippen LogP contribution >= 0.6 is 31.9 Å². The third kappa shape index (κ3) is 2.57. The van der Waals surface area contributed by atoms with Crippen LogP contribution in [0.25, 0.3) is 21.9 Å². The number of benzene rings is 2. The zero-order valence-corrected chi connectivity index (χ0v) is 15.4. The Labute approximate surface area is 148 Å². The van der Waals surface area contributed by atoms with Gasteiger partial charge in [0.2, 0.25) is 11.2 Å². The summed E-state index contributed by atoms with van der Waals surface area (Å²) in [6.07, 6.45) is 0. The first kappa shape index (κ1) is 16.1. The fourth-order valence-electron chi connectivity index (χ4n) is 2.51. The Bertz CT molecular complexity index is 962. The maximum Gasteiger partial charge on any atom is 0.204 e. The van der Waals surface area contributed by atoms with Crippen LogP contribution in [0.3, 0.4) is 0 Å². The number of hydrogen-bond acceptors (Lipinski definition) is 5. The third-order valence-corrected chi connectivity index (χ3v) is 4.53. The minimum Gasteiger partial charge on any atom is -0.508 e. The maximum absolute atomic E-state index is 12.9. The number of alkyl halides is 2. The van der Waals surface area contributed by atoms with Gasteiger partial charge in [-0.15, -0.1) is 0 Å². The number of ether oxygens (including phenoxy) is 2. The van der Waals surface area contributed by atoms with Gasteiger partial charge in [0.1, 0.15) is 11.3 Å². The molecule has 1 N–H and O–H groups in total. The lowest BCUT2D eigenvalue weighted by Crippen LogP contribution is -2.07. The van der Waals surface area contributed by atoms with Gasteiger partial charge in [0.15, 0.2) is 11.3 Å². The summed E-state index contributed by atoms with van der Waals surface area (Å²) in [7, 11) is 2.99. The summed E-state index contributed by atoms with van der Waals surface area (Å²) in [5.74, 6) is 0.789. The summed E-state index contributed by atoms with van der Waals surface area (Å²) in [6.45, 7) is 0. The predicted octanol–water partition coefficient (Wildman–Crippen LogP) is 4.46. The molecule has 0 fully saturated rings. The molecule has 120 valence electrons. The zero-order chi connectivity index (χ0) is 16.7. The van der Waals surface area contributed by atoms with E-state index in [4.69, 9.17) is 13.9 Å². The minimum atomic E-state index is -0.269. The van der Waals surface area contributed by atoms with E-state index in [0.29, 0.717) is 27.8 Å². The van der Waals surface area contributed by atoms with Crippen molar-refractivity contribution in [2.24, 2.45) is 0 Å². The second-order valence-electron chi connectivity index (χ2n) is 4.82. The van der Waals surface area contributed by atoms with Gasteiger partial charge in [-0.3, -0.25) is 4.79 Å². The Morgan fingerprint density at radius 3 is 2.52 bits per heavy atom. The van der Waals surface area contributed by atoms with Crippen LogP contribution in [-0.2, 0) is 0 Å². The minimum absolute atomic E-state index is 0.0148. The van der Waals surface area contributed by atoms with E-state index in [1.807, 2.05) is 0 Å². The predicted molar refractivity (Wildman–Crippen MR) is 95.4 cm³/mol. The highest BCUT2D eigenvalue weighted by atomic mass is 79.9. The van der Waals surface area contributed by atoms with Gasteiger partial charge in [0, 0.05) is 6.07 Å². The summed E-state index contributed by atoms with van der Waals surface area (Å²) in [6, 6.07) is 6.10. The first-order chi connectivity index (χ1) is 11.0. The second-order valence-corrected chi connectivity index (χ2v) is 7.88. The van der Waals surface area contributed by atoms with E-state index in [0.717, 1.165) is 0 Å². The van der Waals surface area contributed by atoms with Gasteiger partial charge in [-0.25, -0.2) is 0 Å². The monoisotopic (exact) mass is 442 g/mol. The smallest absolute Gasteiger partial charge is 0.204 e. The number of halogens is 2. The number of methoxy groups -OCH3 is 2. The summed E-state index contributed by atoms with van der Waals surface area (Å²) in [5.41, 5.74) is 1.01. The number of phenols is 1. The maximum atomic E-state index is 12.9. The van der Waals surface area contributed by atoms with Crippen molar-refractivity contribution >= 4 is 53.8 Å². The lowest BCUT2D eigenvalue weighted by molar-refractivity contribution is 0.353. The summed E-state index contributed by atoms with van der Waals surface area (Å²) in [4.78, 5) is 12.9. The van der Waals surface area contributed by atoms with Gasteiger partial charge in [-0.1, -0.05) is 31.9 Å². The Kier molecular flexibility index (Phi) is 4.25. The van der Waals surface area contributed by atoms with Crippen LogP contribution in [0.2, 0.25) is 0 Å². The first-order valence-corrected chi connectivity index (χ1v) is 8.43. The molecule has 0 aliphatic carbocycles. The van der Waals surface area contributed by atoms with Crippen molar-refractivity contribution in [2.75, 3.05) is 14.2 Å². The SMILES string of the molecule is COc1cc(C(Br)Br)c2c(=O)c3ccc(O)cc3oc2c1OC. The molecule has 0 saturated carbocycles. The lowest BCUT2D eigenvalue weighted by Gasteiger charge is -2.15. The molecule has 0 aliphatic rings. The topological polar surface area (TPSA) is 68.9 Å². The second kappa shape index (κ2) is 6.05. The number of aromatic hydroxyl groups is 1. The summed E-state index contributed by atoms with van der Waals surface area (Å²) in [5, 5.41) is 10.4. The first-order valence-electron chi connectivity index (χ1n) is 6.60. The number of hydrogen-bond donors (Lipinski definition) is 1. The van der Waals surface area contributed by atoms with E-state index in [-0.39, 0.29) is 26.1 Å². The number of fused-ring (bicyclic) bond motifs is 2. The van der Waals surface area contributed by atoms with Crippen molar-refractivity contribution in [3.63, 3.8) is 0 Å². The van der Waals surface area contributed by atoms with E-state index in [1.54, 1.807) is 6.07 Å². The molecular weight excluding hydrogens is 432 g/mol. The molecule has 0 bridgehead atoms. The summed E-state index contributed by atoms with van der Waals surface area (Å²) >= 11 is 6.85. The molecule has 0 amide bonds. The zero-order valence-electron chi connectivity index (χ0n) is 12.2. The van der Waals surface area contributed by atoms with Crippen molar-refractivity contribution in [1.82, 2.24) is 0 Å². The molecule has 0 radical (unpaired) electrons. The highest BCUT2D eigenvalue weighted by molar-refractivity contribution is 9.24. The average Bonchev–Trinajstić information content (AvgIpc) is 2.52. The molecule has 2 aromatic carbocycles. The molecule has 0 unspecified atom stereocenters. The van der Waals surface area contributed by atoms with E-state index in [2.05, 4.69) is 31.9 Å². The van der Waals surface area contributed by atoms with Crippen LogP contribution in [0.5, 0.6) is 17.2 Å². The Morgan fingerprint density at radius 2 is 1.91 bits per heavy atom. The largest absolute Gasteiger partial charge is 0.508 e. The Balaban J connectivity index is 2.60. The fourth-order valence-corrected chi connectivity index (χ4v) is 3.23. The lowest BCUT2D eigenvalue weighted by atomic mass is 10.1. The number of phenolic OH excluding ortho intramolecular Hbond substituents is 1. The van der Waals surface area contributed by atoms with Crippen LogP contribution in [0.1, 0.15) is 9.30 Å². The van der Waals surface area contributed by atoms with Crippen LogP contribution in [0, 0.1) is 0 Å². The van der Waals surface area contributed by atoms with Crippen molar-refractivity contribution in [1.29, 1.82) is 0 Å². The Hall–Kier alpha value is -1.73. The van der Waals surface area contributed by atoms with Gasteiger partial charge in [-0.2, -0.15) is 0 Å². The fraction of sp³-hybridized carbons (Fsp3) is 0.188. The highest BCUT2D eigenvalue weighted by Crippen LogP contribution is 2.43. The van der Waals surface area contributed by atoms with Crippen LogP contribution in [0.4, 0.5) is 0 Å². The highest BCUT2D eigenvalue weighted by Gasteiger charge is 2.22. The Morgan fingerprint density at radius 1 is 1.17 bits per heavy atom. The van der Waals surface area contributed by atoms with Crippen molar-refractivity contribution < 1.29 is 19.0 Å². The van der Waals surface area contributed by atoms with E-state index in [9.17, 15) is 9.90 Å².